The van der Waals surface area contributed by atoms with Crippen LogP contribution in [0.3, 0.4) is 0 Å². The van der Waals surface area contributed by atoms with Gasteiger partial charge in [0.2, 0.25) is 0 Å². The van der Waals surface area contributed by atoms with Gasteiger partial charge in [-0.15, -0.1) is 0 Å². The van der Waals surface area contributed by atoms with Gasteiger partial charge < -0.3 is 10.5 Å². The summed E-state index contributed by atoms with van der Waals surface area (Å²) in [5.41, 5.74) is 9.32. The third-order valence-electron chi connectivity index (χ3n) is 3.48. The van der Waals surface area contributed by atoms with Crippen LogP contribution in [0.2, 0.25) is 0 Å². The highest BCUT2D eigenvalue weighted by Gasteiger charge is 2.24. The summed E-state index contributed by atoms with van der Waals surface area (Å²) in [5.74, 6) is 0. The predicted octanol–water partition coefficient (Wildman–Crippen LogP) is 3.45. The summed E-state index contributed by atoms with van der Waals surface area (Å²) in [7, 11) is 0. The quantitative estimate of drug-likeness (QED) is 0.888. The highest BCUT2D eigenvalue weighted by Crippen LogP contribution is 2.32. The fraction of sp³-hybridized carbons (Fsp3) is 0.625. The molecular formula is C16H25NO. The normalized spacial score (nSPS) is 21.4. The smallest absolute Gasteiger partial charge is 0.0842 e. The van der Waals surface area contributed by atoms with Crippen molar-refractivity contribution in [2.75, 3.05) is 6.61 Å². The van der Waals surface area contributed by atoms with Gasteiger partial charge in [0.15, 0.2) is 0 Å². The zero-order valence-corrected chi connectivity index (χ0v) is 11.8. The first-order valence-electron chi connectivity index (χ1n) is 6.91. The molecule has 1 aromatic carbocycles. The average molecular weight is 247 g/mol. The molecule has 1 heterocycles. The van der Waals surface area contributed by atoms with Crippen molar-refractivity contribution in [1.29, 1.82) is 0 Å². The first kappa shape index (κ1) is 13.6. The lowest BCUT2D eigenvalue weighted by molar-refractivity contribution is 0.0295. The van der Waals surface area contributed by atoms with Crippen LogP contribution >= 0.6 is 0 Å². The Kier molecular flexibility index (Phi) is 4.08. The molecule has 0 saturated heterocycles. The molecule has 2 atom stereocenters. The van der Waals surface area contributed by atoms with Crippen LogP contribution in [-0.4, -0.2) is 12.6 Å². The van der Waals surface area contributed by atoms with Gasteiger partial charge in [-0.25, -0.2) is 0 Å². The van der Waals surface area contributed by atoms with Crippen LogP contribution in [0, 0.1) is 5.41 Å². The fourth-order valence-electron chi connectivity index (χ4n) is 2.82. The van der Waals surface area contributed by atoms with Crippen molar-refractivity contribution in [3.8, 4) is 0 Å². The Bertz CT molecular complexity index is 394. The molecule has 0 aromatic heterocycles. The second kappa shape index (κ2) is 5.41. The van der Waals surface area contributed by atoms with E-state index in [4.69, 9.17) is 10.5 Å². The van der Waals surface area contributed by atoms with Crippen LogP contribution in [0.1, 0.15) is 50.8 Å². The zero-order valence-electron chi connectivity index (χ0n) is 11.8. The molecule has 0 fully saturated rings. The highest BCUT2D eigenvalue weighted by atomic mass is 16.5. The summed E-state index contributed by atoms with van der Waals surface area (Å²) in [6.45, 7) is 7.54. The molecule has 2 nitrogen and oxygen atoms in total. The van der Waals surface area contributed by atoms with Crippen LogP contribution in [-0.2, 0) is 11.2 Å². The molecule has 1 aliphatic rings. The van der Waals surface area contributed by atoms with Gasteiger partial charge in [0.25, 0.3) is 0 Å². The maximum Gasteiger partial charge on any atom is 0.0842 e. The van der Waals surface area contributed by atoms with Crippen LogP contribution in [0.15, 0.2) is 24.3 Å². The van der Waals surface area contributed by atoms with Gasteiger partial charge in [0.05, 0.1) is 12.7 Å². The van der Waals surface area contributed by atoms with Gasteiger partial charge in [-0.3, -0.25) is 0 Å². The summed E-state index contributed by atoms with van der Waals surface area (Å²) in [5, 5.41) is 0. The predicted molar refractivity (Wildman–Crippen MR) is 75.5 cm³/mol. The zero-order chi connectivity index (χ0) is 13.2. The van der Waals surface area contributed by atoms with E-state index in [2.05, 4.69) is 45.0 Å². The number of nitrogens with two attached hydrogens (primary N) is 1. The molecule has 0 saturated carbocycles. The summed E-state index contributed by atoms with van der Waals surface area (Å²) < 4.78 is 5.91. The van der Waals surface area contributed by atoms with Gasteiger partial charge in [-0.05, 0) is 35.8 Å². The molecular weight excluding hydrogens is 222 g/mol. The maximum atomic E-state index is 6.27. The molecule has 1 aromatic rings. The van der Waals surface area contributed by atoms with Crippen LogP contribution in [0.4, 0.5) is 0 Å². The van der Waals surface area contributed by atoms with Crippen molar-refractivity contribution in [3.05, 3.63) is 35.4 Å². The monoisotopic (exact) mass is 247 g/mol. The molecule has 0 aliphatic carbocycles. The Morgan fingerprint density at radius 3 is 2.78 bits per heavy atom. The highest BCUT2D eigenvalue weighted by molar-refractivity contribution is 5.31. The van der Waals surface area contributed by atoms with E-state index >= 15 is 0 Å². The maximum absolute atomic E-state index is 6.27. The van der Waals surface area contributed by atoms with Gasteiger partial charge in [-0.1, -0.05) is 45.0 Å². The van der Waals surface area contributed by atoms with E-state index in [9.17, 15) is 0 Å². The number of hydrogen-bond donors (Lipinski definition) is 1. The molecule has 1 aliphatic heterocycles. The second-order valence-electron chi connectivity index (χ2n) is 6.57. The van der Waals surface area contributed by atoms with Crippen LogP contribution in [0.5, 0.6) is 0 Å². The lowest BCUT2D eigenvalue weighted by atomic mass is 9.85. The molecule has 18 heavy (non-hydrogen) atoms. The van der Waals surface area contributed by atoms with Gasteiger partial charge in [0.1, 0.15) is 0 Å². The van der Waals surface area contributed by atoms with Crippen LogP contribution < -0.4 is 5.73 Å². The van der Waals surface area contributed by atoms with E-state index in [0.717, 1.165) is 25.9 Å². The van der Waals surface area contributed by atoms with E-state index in [0.29, 0.717) is 0 Å². The number of rotatable bonds is 3. The third-order valence-corrected chi connectivity index (χ3v) is 3.48. The SMILES string of the molecule is CC(C)(C)CC(N)CC1OCCc2ccccc21. The molecule has 0 spiro atoms. The lowest BCUT2D eigenvalue weighted by Gasteiger charge is -2.30. The van der Waals surface area contributed by atoms with Crippen molar-refractivity contribution >= 4 is 0 Å². The third kappa shape index (κ3) is 3.56. The molecule has 2 N–H and O–H groups in total. The van der Waals surface area contributed by atoms with E-state index < -0.39 is 0 Å². The summed E-state index contributed by atoms with van der Waals surface area (Å²) in [6.07, 6.45) is 3.18. The number of hydrogen-bond acceptors (Lipinski definition) is 2. The second-order valence-corrected chi connectivity index (χ2v) is 6.57. The first-order chi connectivity index (χ1) is 8.46. The lowest BCUT2D eigenvalue weighted by Crippen LogP contribution is -2.30. The number of fused-ring (bicyclic) bond motifs is 1. The minimum Gasteiger partial charge on any atom is -0.373 e. The molecule has 0 radical (unpaired) electrons. The van der Waals surface area contributed by atoms with Gasteiger partial charge >= 0.3 is 0 Å². The number of benzene rings is 1. The minimum atomic E-state index is 0.187. The molecule has 2 heteroatoms. The standard InChI is InChI=1S/C16H25NO/c1-16(2,3)11-13(17)10-15-14-7-5-4-6-12(14)8-9-18-15/h4-7,13,15H,8-11,17H2,1-3H3. The van der Waals surface area contributed by atoms with Crippen molar-refractivity contribution in [2.24, 2.45) is 11.1 Å². The van der Waals surface area contributed by atoms with Gasteiger partial charge in [0, 0.05) is 6.04 Å². The van der Waals surface area contributed by atoms with E-state index in [1.54, 1.807) is 0 Å². The average Bonchev–Trinajstić information content (AvgIpc) is 2.27. The van der Waals surface area contributed by atoms with Crippen LogP contribution in [0.25, 0.3) is 0 Å². The summed E-state index contributed by atoms with van der Waals surface area (Å²) in [6, 6.07) is 8.80. The minimum absolute atomic E-state index is 0.187. The largest absolute Gasteiger partial charge is 0.373 e. The van der Waals surface area contributed by atoms with Crippen molar-refractivity contribution in [2.45, 2.75) is 52.2 Å². The van der Waals surface area contributed by atoms with Crippen molar-refractivity contribution in [1.82, 2.24) is 0 Å². The Labute approximate surface area is 111 Å². The first-order valence-corrected chi connectivity index (χ1v) is 6.91. The van der Waals surface area contributed by atoms with E-state index in [1.165, 1.54) is 11.1 Å². The topological polar surface area (TPSA) is 35.2 Å². The van der Waals surface area contributed by atoms with E-state index in [1.807, 2.05) is 0 Å². The molecule has 2 rings (SSSR count). The Morgan fingerprint density at radius 1 is 1.33 bits per heavy atom. The molecule has 2 unspecified atom stereocenters. The van der Waals surface area contributed by atoms with Crippen molar-refractivity contribution < 1.29 is 4.74 Å². The molecule has 100 valence electrons. The van der Waals surface area contributed by atoms with Gasteiger partial charge in [-0.2, -0.15) is 0 Å². The Morgan fingerprint density at radius 2 is 2.06 bits per heavy atom. The summed E-state index contributed by atoms with van der Waals surface area (Å²) in [4.78, 5) is 0. The Balaban J connectivity index is 2.03. The van der Waals surface area contributed by atoms with Crippen molar-refractivity contribution in [3.63, 3.8) is 0 Å². The Hall–Kier alpha value is -0.860. The molecule has 0 amide bonds. The fourth-order valence-corrected chi connectivity index (χ4v) is 2.82. The molecule has 0 bridgehead atoms. The van der Waals surface area contributed by atoms with E-state index in [-0.39, 0.29) is 17.6 Å². The summed E-state index contributed by atoms with van der Waals surface area (Å²) >= 11 is 0. The number of ether oxygens (including phenoxy) is 1.